The summed E-state index contributed by atoms with van der Waals surface area (Å²) < 4.78 is 4.67. The van der Waals surface area contributed by atoms with Crippen LogP contribution in [0.3, 0.4) is 0 Å². The number of Topliss-reactive ketones (excluding diaryl/α,β-unsaturated/α-hetero) is 1. The van der Waals surface area contributed by atoms with Crippen molar-refractivity contribution in [3.63, 3.8) is 0 Å². The summed E-state index contributed by atoms with van der Waals surface area (Å²) in [5.41, 5.74) is 0. The summed E-state index contributed by atoms with van der Waals surface area (Å²) in [5.74, 6) is -0.849. The van der Waals surface area contributed by atoms with E-state index in [2.05, 4.69) is 9.64 Å². The predicted octanol–water partition coefficient (Wildman–Crippen LogP) is 0.211. The van der Waals surface area contributed by atoms with Gasteiger partial charge in [0.15, 0.2) is 0 Å². The number of methoxy groups -OCH3 is 1. The lowest BCUT2D eigenvalue weighted by atomic mass is 9.89. The third kappa shape index (κ3) is 1.25. The van der Waals surface area contributed by atoms with Gasteiger partial charge in [-0.25, -0.2) is 0 Å². The summed E-state index contributed by atoms with van der Waals surface area (Å²) in [6, 6.07) is 0.433. The summed E-state index contributed by atoms with van der Waals surface area (Å²) in [7, 11) is 3.33. The lowest BCUT2D eigenvalue weighted by Crippen LogP contribution is -2.50. The second kappa shape index (κ2) is 3.35. The van der Waals surface area contributed by atoms with Gasteiger partial charge in [-0.05, 0) is 19.9 Å². The molecule has 2 fully saturated rings. The Labute approximate surface area is 83.2 Å². The third-order valence-electron chi connectivity index (χ3n) is 3.52. The molecule has 0 amide bonds. The van der Waals surface area contributed by atoms with Crippen molar-refractivity contribution in [2.75, 3.05) is 14.2 Å². The summed E-state index contributed by atoms with van der Waals surface area (Å²) in [6.07, 6.45) is 2.47. The van der Waals surface area contributed by atoms with Gasteiger partial charge in [-0.15, -0.1) is 0 Å². The Hall–Kier alpha value is -0.900. The van der Waals surface area contributed by atoms with Crippen LogP contribution in [0.2, 0.25) is 0 Å². The molecule has 2 rings (SSSR count). The first kappa shape index (κ1) is 9.65. The lowest BCUT2D eigenvalue weighted by Gasteiger charge is -2.34. The van der Waals surface area contributed by atoms with E-state index >= 15 is 0 Å². The molecule has 2 aliphatic heterocycles. The lowest BCUT2D eigenvalue weighted by molar-refractivity contribution is -0.154. The van der Waals surface area contributed by atoms with E-state index in [1.807, 2.05) is 7.05 Å². The number of nitrogens with zero attached hydrogens (tertiary/aromatic N) is 1. The molecule has 0 aromatic carbocycles. The number of hydrogen-bond donors (Lipinski definition) is 0. The van der Waals surface area contributed by atoms with Crippen LogP contribution in [-0.4, -0.2) is 42.9 Å². The molecule has 0 aromatic rings. The first-order valence-electron chi connectivity index (χ1n) is 4.97. The molecule has 4 nitrogen and oxygen atoms in total. The minimum Gasteiger partial charge on any atom is -0.468 e. The largest absolute Gasteiger partial charge is 0.468 e. The molecule has 2 aliphatic rings. The smallest absolute Gasteiger partial charge is 0.317 e. The van der Waals surface area contributed by atoms with Crippen LogP contribution in [0.25, 0.3) is 0 Å². The zero-order valence-electron chi connectivity index (χ0n) is 8.53. The molecule has 2 saturated heterocycles. The molecule has 0 aromatic heterocycles. The SMILES string of the molecule is COC(=O)[C@@H]1C(=O)C[C@@H]2CC[C@H]1N2C. The Morgan fingerprint density at radius 1 is 1.50 bits per heavy atom. The summed E-state index contributed by atoms with van der Waals surface area (Å²) in [6.45, 7) is 0. The summed E-state index contributed by atoms with van der Waals surface area (Å²) in [4.78, 5) is 25.3. The minimum atomic E-state index is -0.538. The Kier molecular flexibility index (Phi) is 2.31. The van der Waals surface area contributed by atoms with Gasteiger partial charge in [0, 0.05) is 18.5 Å². The van der Waals surface area contributed by atoms with Gasteiger partial charge in [-0.2, -0.15) is 0 Å². The Balaban J connectivity index is 2.22. The number of hydrogen-bond acceptors (Lipinski definition) is 4. The van der Waals surface area contributed by atoms with Crippen molar-refractivity contribution in [3.05, 3.63) is 0 Å². The molecule has 0 saturated carbocycles. The second-order valence-electron chi connectivity index (χ2n) is 4.14. The van der Waals surface area contributed by atoms with Crippen LogP contribution in [-0.2, 0) is 14.3 Å². The standard InChI is InChI=1S/C10H15NO3/c1-11-6-3-4-7(11)9(8(12)5-6)10(13)14-2/h6-7,9H,3-5H2,1-2H3/t6-,7+,9-/m0/s1. The van der Waals surface area contributed by atoms with Crippen molar-refractivity contribution >= 4 is 11.8 Å². The number of carbonyl (C=O) groups excluding carboxylic acids is 2. The third-order valence-corrected chi connectivity index (χ3v) is 3.52. The van der Waals surface area contributed by atoms with E-state index in [1.54, 1.807) is 0 Å². The van der Waals surface area contributed by atoms with Gasteiger partial charge in [0.05, 0.1) is 7.11 Å². The molecule has 78 valence electrons. The van der Waals surface area contributed by atoms with Crippen LogP contribution in [0.15, 0.2) is 0 Å². The van der Waals surface area contributed by atoms with Crippen molar-refractivity contribution < 1.29 is 14.3 Å². The topological polar surface area (TPSA) is 46.6 Å². The van der Waals surface area contributed by atoms with E-state index in [4.69, 9.17) is 0 Å². The van der Waals surface area contributed by atoms with E-state index in [-0.39, 0.29) is 17.8 Å². The van der Waals surface area contributed by atoms with E-state index in [9.17, 15) is 9.59 Å². The number of piperidine rings is 1. The maximum atomic E-state index is 11.7. The molecule has 2 heterocycles. The fraction of sp³-hybridized carbons (Fsp3) is 0.800. The zero-order valence-corrected chi connectivity index (χ0v) is 8.53. The molecule has 4 heteroatoms. The van der Waals surface area contributed by atoms with Gasteiger partial charge in [-0.3, -0.25) is 14.5 Å². The van der Waals surface area contributed by atoms with Gasteiger partial charge in [0.1, 0.15) is 11.7 Å². The molecule has 0 unspecified atom stereocenters. The minimum absolute atomic E-state index is 0.0578. The zero-order chi connectivity index (χ0) is 10.3. The quantitative estimate of drug-likeness (QED) is 0.445. The molecular formula is C10H15NO3. The highest BCUT2D eigenvalue weighted by molar-refractivity contribution is 6.00. The highest BCUT2D eigenvalue weighted by atomic mass is 16.5. The van der Waals surface area contributed by atoms with Crippen molar-refractivity contribution in [2.24, 2.45) is 5.92 Å². The summed E-state index contributed by atoms with van der Waals surface area (Å²) in [5, 5.41) is 0. The highest BCUT2D eigenvalue weighted by Crippen LogP contribution is 2.36. The fourth-order valence-electron chi connectivity index (χ4n) is 2.68. The average molecular weight is 197 g/mol. The molecule has 0 radical (unpaired) electrons. The first-order chi connectivity index (χ1) is 6.65. The van der Waals surface area contributed by atoms with Crippen LogP contribution in [0.4, 0.5) is 0 Å². The van der Waals surface area contributed by atoms with Gasteiger partial charge in [0.25, 0.3) is 0 Å². The van der Waals surface area contributed by atoms with Gasteiger partial charge < -0.3 is 4.74 Å². The molecule has 0 aliphatic carbocycles. The normalized spacial score (nSPS) is 37.3. The highest BCUT2D eigenvalue weighted by Gasteiger charge is 2.48. The van der Waals surface area contributed by atoms with E-state index < -0.39 is 5.92 Å². The van der Waals surface area contributed by atoms with Crippen molar-refractivity contribution in [1.82, 2.24) is 4.90 Å². The van der Waals surface area contributed by atoms with Crippen LogP contribution in [0, 0.1) is 5.92 Å². The Morgan fingerprint density at radius 3 is 2.86 bits per heavy atom. The fourth-order valence-corrected chi connectivity index (χ4v) is 2.68. The van der Waals surface area contributed by atoms with Gasteiger partial charge in [-0.1, -0.05) is 0 Å². The van der Waals surface area contributed by atoms with Crippen LogP contribution in [0.1, 0.15) is 19.3 Å². The average Bonchev–Trinajstić information content (AvgIpc) is 2.42. The van der Waals surface area contributed by atoms with Gasteiger partial charge >= 0.3 is 5.97 Å². The van der Waals surface area contributed by atoms with E-state index in [1.165, 1.54) is 7.11 Å². The molecule has 2 bridgehead atoms. The van der Waals surface area contributed by atoms with E-state index in [0.29, 0.717) is 12.5 Å². The maximum Gasteiger partial charge on any atom is 0.317 e. The molecule has 3 atom stereocenters. The first-order valence-corrected chi connectivity index (χ1v) is 4.97. The van der Waals surface area contributed by atoms with Crippen LogP contribution >= 0.6 is 0 Å². The number of fused-ring (bicyclic) bond motifs is 2. The number of ether oxygens (including phenoxy) is 1. The van der Waals surface area contributed by atoms with Crippen LogP contribution in [0.5, 0.6) is 0 Å². The molecule has 14 heavy (non-hydrogen) atoms. The van der Waals surface area contributed by atoms with Gasteiger partial charge in [0.2, 0.25) is 0 Å². The van der Waals surface area contributed by atoms with E-state index in [0.717, 1.165) is 12.8 Å². The maximum absolute atomic E-state index is 11.7. The number of rotatable bonds is 1. The van der Waals surface area contributed by atoms with Crippen molar-refractivity contribution in [1.29, 1.82) is 0 Å². The summed E-state index contributed by atoms with van der Waals surface area (Å²) >= 11 is 0. The predicted molar refractivity (Wildman–Crippen MR) is 49.7 cm³/mol. The Morgan fingerprint density at radius 2 is 2.21 bits per heavy atom. The number of carbonyl (C=O) groups is 2. The monoisotopic (exact) mass is 197 g/mol. The Bertz CT molecular complexity index is 277. The molecule has 0 N–H and O–H groups in total. The van der Waals surface area contributed by atoms with Crippen molar-refractivity contribution in [3.8, 4) is 0 Å². The van der Waals surface area contributed by atoms with Crippen LogP contribution < -0.4 is 0 Å². The number of esters is 1. The number of ketones is 1. The van der Waals surface area contributed by atoms with Crippen molar-refractivity contribution in [2.45, 2.75) is 31.3 Å². The second-order valence-corrected chi connectivity index (χ2v) is 4.14. The molecule has 0 spiro atoms. The molecular weight excluding hydrogens is 182 g/mol.